The van der Waals surface area contributed by atoms with Crippen molar-refractivity contribution in [2.45, 2.75) is 4.90 Å². The number of primary sulfonamides is 1. The van der Waals surface area contributed by atoms with E-state index < -0.39 is 10.0 Å². The summed E-state index contributed by atoms with van der Waals surface area (Å²) in [5.74, 6) is 0. The van der Waals surface area contributed by atoms with Gasteiger partial charge in [0.15, 0.2) is 0 Å². The zero-order chi connectivity index (χ0) is 9.47. The van der Waals surface area contributed by atoms with Gasteiger partial charge in [0.1, 0.15) is 10.4 Å². The summed E-state index contributed by atoms with van der Waals surface area (Å²) in [4.78, 5) is 6.72. The summed E-state index contributed by atoms with van der Waals surface area (Å²) in [6.45, 7) is 0. The van der Waals surface area contributed by atoms with E-state index in [9.17, 15) is 8.42 Å². The van der Waals surface area contributed by atoms with Crippen molar-refractivity contribution >= 4 is 21.1 Å². The lowest BCUT2D eigenvalue weighted by atomic mass is 10.4. The number of nitrogens with one attached hydrogen (secondary N) is 1. The Kier molecular flexibility index (Phi) is 1.61. The average molecular weight is 197 g/mol. The second-order valence-electron chi connectivity index (χ2n) is 2.60. The second-order valence-corrected chi connectivity index (χ2v) is 4.13. The monoisotopic (exact) mass is 197 g/mol. The first-order chi connectivity index (χ1) is 6.09. The van der Waals surface area contributed by atoms with Crippen LogP contribution in [0.25, 0.3) is 11.0 Å². The van der Waals surface area contributed by atoms with Crippen LogP contribution in [0.2, 0.25) is 0 Å². The van der Waals surface area contributed by atoms with Crippen LogP contribution >= 0.6 is 0 Å². The Morgan fingerprint density at radius 3 is 2.92 bits per heavy atom. The summed E-state index contributed by atoms with van der Waals surface area (Å²) in [5.41, 5.74) is 1.04. The van der Waals surface area contributed by atoms with E-state index in [4.69, 9.17) is 5.14 Å². The minimum absolute atomic E-state index is 0.0306. The highest BCUT2D eigenvalue weighted by Crippen LogP contribution is 2.17. The number of aromatic nitrogens is 2. The lowest BCUT2D eigenvalue weighted by Crippen LogP contribution is -2.11. The zero-order valence-electron chi connectivity index (χ0n) is 6.56. The van der Waals surface area contributed by atoms with Crippen LogP contribution in [0.3, 0.4) is 0 Å². The summed E-state index contributed by atoms with van der Waals surface area (Å²) in [5, 5.41) is 4.98. The summed E-state index contributed by atoms with van der Waals surface area (Å²) < 4.78 is 22.1. The van der Waals surface area contributed by atoms with Crippen molar-refractivity contribution in [2.75, 3.05) is 0 Å². The molecule has 5 nitrogen and oxygen atoms in total. The zero-order valence-corrected chi connectivity index (χ0v) is 7.38. The Morgan fingerprint density at radius 1 is 1.46 bits per heavy atom. The molecule has 2 heterocycles. The van der Waals surface area contributed by atoms with E-state index in [2.05, 4.69) is 9.97 Å². The molecule has 2 rings (SSSR count). The Hall–Kier alpha value is -1.40. The van der Waals surface area contributed by atoms with Crippen LogP contribution in [0.1, 0.15) is 0 Å². The first kappa shape index (κ1) is 8.21. The molecule has 0 amide bonds. The maximum Gasteiger partial charge on any atom is 0.241 e. The van der Waals surface area contributed by atoms with Gasteiger partial charge in [-0.05, 0) is 12.1 Å². The first-order valence-electron chi connectivity index (χ1n) is 3.54. The van der Waals surface area contributed by atoms with Gasteiger partial charge in [0.25, 0.3) is 0 Å². The fraction of sp³-hybridized carbons (Fsp3) is 0. The number of fused-ring (bicyclic) bond motifs is 1. The van der Waals surface area contributed by atoms with Crippen molar-refractivity contribution in [3.05, 3.63) is 24.5 Å². The highest BCUT2D eigenvalue weighted by Gasteiger charge is 2.14. The first-order valence-corrected chi connectivity index (χ1v) is 5.08. The van der Waals surface area contributed by atoms with Crippen LogP contribution in [0, 0.1) is 0 Å². The van der Waals surface area contributed by atoms with Crippen molar-refractivity contribution in [1.82, 2.24) is 9.97 Å². The number of nitrogens with two attached hydrogens (primary N) is 1. The molecule has 0 aliphatic heterocycles. The lowest BCUT2D eigenvalue weighted by Gasteiger charge is -1.92. The third-order valence-corrected chi connectivity index (χ3v) is 2.63. The number of nitrogens with zero attached hydrogens (tertiary/aromatic N) is 1. The van der Waals surface area contributed by atoms with Crippen LogP contribution in [-0.2, 0) is 10.0 Å². The molecular weight excluding hydrogens is 190 g/mol. The van der Waals surface area contributed by atoms with Crippen molar-refractivity contribution in [2.24, 2.45) is 5.14 Å². The van der Waals surface area contributed by atoms with Crippen LogP contribution in [0.15, 0.2) is 29.4 Å². The minimum Gasteiger partial charge on any atom is -0.359 e. The van der Waals surface area contributed by atoms with Gasteiger partial charge in [0, 0.05) is 12.4 Å². The molecule has 2 aromatic heterocycles. The fourth-order valence-electron chi connectivity index (χ4n) is 1.15. The predicted octanol–water partition coefficient (Wildman–Crippen LogP) is 0.210. The third-order valence-electron chi connectivity index (χ3n) is 1.71. The summed E-state index contributed by atoms with van der Waals surface area (Å²) in [6.07, 6.45) is 2.86. The van der Waals surface area contributed by atoms with Crippen molar-refractivity contribution in [1.29, 1.82) is 0 Å². The normalized spacial score (nSPS) is 12.1. The Balaban J connectivity index is 2.87. The van der Waals surface area contributed by atoms with E-state index in [1.807, 2.05) is 0 Å². The molecule has 0 spiro atoms. The van der Waals surface area contributed by atoms with Gasteiger partial charge in [-0.25, -0.2) is 13.6 Å². The topological polar surface area (TPSA) is 88.8 Å². The van der Waals surface area contributed by atoms with Gasteiger partial charge in [-0.2, -0.15) is 0 Å². The number of aromatic amines is 1. The summed E-state index contributed by atoms with van der Waals surface area (Å²) in [6, 6.07) is 3.45. The molecule has 68 valence electrons. The van der Waals surface area contributed by atoms with E-state index in [0.717, 1.165) is 0 Å². The van der Waals surface area contributed by atoms with Crippen LogP contribution in [0.5, 0.6) is 0 Å². The summed E-state index contributed by atoms with van der Waals surface area (Å²) in [7, 11) is -3.68. The fourth-order valence-corrected chi connectivity index (χ4v) is 1.80. The van der Waals surface area contributed by atoms with E-state index in [0.29, 0.717) is 11.0 Å². The second kappa shape index (κ2) is 2.54. The van der Waals surface area contributed by atoms with Crippen LogP contribution in [0.4, 0.5) is 0 Å². The van der Waals surface area contributed by atoms with Gasteiger partial charge in [-0.3, -0.25) is 4.98 Å². The minimum atomic E-state index is -3.68. The van der Waals surface area contributed by atoms with Gasteiger partial charge in [-0.15, -0.1) is 0 Å². The average Bonchev–Trinajstić information content (AvgIpc) is 2.45. The van der Waals surface area contributed by atoms with E-state index in [1.54, 1.807) is 12.1 Å². The van der Waals surface area contributed by atoms with Gasteiger partial charge in [-0.1, -0.05) is 0 Å². The summed E-state index contributed by atoms with van der Waals surface area (Å²) >= 11 is 0. The number of hydrogen-bond acceptors (Lipinski definition) is 3. The molecule has 0 unspecified atom stereocenters. The molecule has 0 atom stereocenters. The quantitative estimate of drug-likeness (QED) is 0.684. The van der Waals surface area contributed by atoms with Crippen molar-refractivity contribution in [3.63, 3.8) is 0 Å². The van der Waals surface area contributed by atoms with E-state index in [-0.39, 0.29) is 4.90 Å². The molecule has 0 bridgehead atoms. The van der Waals surface area contributed by atoms with Crippen LogP contribution < -0.4 is 5.14 Å². The molecule has 13 heavy (non-hydrogen) atoms. The largest absolute Gasteiger partial charge is 0.359 e. The smallest absolute Gasteiger partial charge is 0.241 e. The highest BCUT2D eigenvalue weighted by atomic mass is 32.2. The van der Waals surface area contributed by atoms with Gasteiger partial charge in [0.2, 0.25) is 10.0 Å². The highest BCUT2D eigenvalue weighted by molar-refractivity contribution is 7.89. The molecule has 0 saturated carbocycles. The third kappa shape index (κ3) is 1.30. The SMILES string of the molecule is NS(=O)(=O)c1c[nH]c2cccnc12. The molecule has 0 aliphatic rings. The van der Waals surface area contributed by atoms with Crippen molar-refractivity contribution in [3.8, 4) is 0 Å². The Bertz CT molecular complexity index is 544. The standard InChI is InChI=1S/C7H7N3O2S/c8-13(11,12)6-4-10-5-2-1-3-9-7(5)6/h1-4,10H,(H2,8,11,12). The van der Waals surface area contributed by atoms with Crippen LogP contribution in [-0.4, -0.2) is 18.4 Å². The number of pyridine rings is 1. The maximum absolute atomic E-state index is 11.0. The molecular formula is C7H7N3O2S. The van der Waals surface area contributed by atoms with E-state index in [1.165, 1.54) is 12.4 Å². The van der Waals surface area contributed by atoms with Crippen molar-refractivity contribution < 1.29 is 8.42 Å². The molecule has 0 aliphatic carbocycles. The van der Waals surface area contributed by atoms with Gasteiger partial charge in [0.05, 0.1) is 5.52 Å². The Labute approximate surface area is 74.6 Å². The molecule has 0 aromatic carbocycles. The number of H-pyrrole nitrogens is 1. The number of hydrogen-bond donors (Lipinski definition) is 2. The maximum atomic E-state index is 11.0. The predicted molar refractivity (Wildman–Crippen MR) is 47.5 cm³/mol. The Morgan fingerprint density at radius 2 is 2.23 bits per heavy atom. The molecule has 0 radical (unpaired) electrons. The van der Waals surface area contributed by atoms with Gasteiger partial charge < -0.3 is 4.98 Å². The number of rotatable bonds is 1. The lowest BCUT2D eigenvalue weighted by molar-refractivity contribution is 0.598. The molecule has 2 aromatic rings. The van der Waals surface area contributed by atoms with Gasteiger partial charge >= 0.3 is 0 Å². The molecule has 0 fully saturated rings. The molecule has 3 N–H and O–H groups in total. The van der Waals surface area contributed by atoms with E-state index >= 15 is 0 Å². The number of sulfonamides is 1. The molecule has 6 heteroatoms. The molecule has 0 saturated heterocycles.